The predicted molar refractivity (Wildman–Crippen MR) is 148 cm³/mol. The van der Waals surface area contributed by atoms with E-state index < -0.39 is 5.60 Å². The van der Waals surface area contributed by atoms with Gasteiger partial charge in [0.15, 0.2) is 0 Å². The van der Waals surface area contributed by atoms with E-state index >= 15 is 0 Å². The SMILES string of the molecule is CCc1nn(CC(=O)N2CCN(C(=O)OC(C)(C)C)CC2)cc1-c1cnc(NC2Cc3ccccc3C2)nc1. The topological polar surface area (TPSA) is 105 Å². The normalized spacial score (nSPS) is 15.8. The van der Waals surface area contributed by atoms with Gasteiger partial charge in [-0.05, 0) is 51.2 Å². The number of amides is 2. The highest BCUT2D eigenvalue weighted by atomic mass is 16.6. The molecule has 0 saturated carbocycles. The van der Waals surface area contributed by atoms with Crippen molar-refractivity contribution < 1.29 is 14.3 Å². The van der Waals surface area contributed by atoms with Crippen LogP contribution in [0.25, 0.3) is 11.1 Å². The summed E-state index contributed by atoms with van der Waals surface area (Å²) in [4.78, 5) is 37.9. The van der Waals surface area contributed by atoms with E-state index in [1.54, 1.807) is 14.5 Å². The van der Waals surface area contributed by atoms with Crippen molar-refractivity contribution in [1.29, 1.82) is 0 Å². The van der Waals surface area contributed by atoms with Crippen LogP contribution in [0.4, 0.5) is 10.7 Å². The Morgan fingerprint density at radius 2 is 1.62 bits per heavy atom. The molecular weight excluding hydrogens is 494 g/mol. The lowest BCUT2D eigenvalue weighted by Gasteiger charge is -2.35. The molecule has 10 heteroatoms. The van der Waals surface area contributed by atoms with Crippen LogP contribution in [0.5, 0.6) is 0 Å². The molecule has 2 amide bonds. The number of carbonyl (C=O) groups is 2. The fourth-order valence-corrected chi connectivity index (χ4v) is 5.13. The fourth-order valence-electron chi connectivity index (χ4n) is 5.13. The van der Waals surface area contributed by atoms with Crippen molar-refractivity contribution in [3.63, 3.8) is 0 Å². The molecule has 1 N–H and O–H groups in total. The standard InChI is InChI=1S/C29H37N7O3/c1-5-25-24(22-16-30-27(31-17-22)32-23-14-20-8-6-7-9-21(20)15-23)18-36(33-25)19-26(37)34-10-12-35(13-11-34)28(38)39-29(2,3)4/h6-9,16-18,23H,5,10-15,19H2,1-4H3,(H,30,31,32). The maximum atomic E-state index is 13.0. The third kappa shape index (κ3) is 6.38. The van der Waals surface area contributed by atoms with Crippen LogP contribution in [-0.2, 0) is 35.3 Å². The monoisotopic (exact) mass is 531 g/mol. The highest BCUT2D eigenvalue weighted by molar-refractivity contribution is 5.77. The average molecular weight is 532 g/mol. The number of nitrogens with one attached hydrogen (secondary N) is 1. The lowest BCUT2D eigenvalue weighted by molar-refractivity contribution is -0.133. The fraction of sp³-hybridized carbons (Fsp3) is 0.483. The summed E-state index contributed by atoms with van der Waals surface area (Å²) in [6.45, 7) is 9.58. The van der Waals surface area contributed by atoms with Gasteiger partial charge >= 0.3 is 6.09 Å². The van der Waals surface area contributed by atoms with Gasteiger partial charge in [-0.15, -0.1) is 0 Å². The zero-order valence-electron chi connectivity index (χ0n) is 23.2. The Bertz CT molecular complexity index is 1300. The van der Waals surface area contributed by atoms with Gasteiger partial charge in [-0.1, -0.05) is 31.2 Å². The van der Waals surface area contributed by atoms with Crippen molar-refractivity contribution in [2.45, 2.75) is 65.1 Å². The van der Waals surface area contributed by atoms with Crippen molar-refractivity contribution in [1.82, 2.24) is 29.5 Å². The first-order chi connectivity index (χ1) is 18.7. The molecule has 5 rings (SSSR count). The number of aryl methyl sites for hydroxylation is 1. The number of benzene rings is 1. The molecule has 0 radical (unpaired) electrons. The Morgan fingerprint density at radius 1 is 1.00 bits per heavy atom. The number of ether oxygens (including phenoxy) is 1. The second-order valence-corrected chi connectivity index (χ2v) is 11.2. The highest BCUT2D eigenvalue weighted by Crippen LogP contribution is 2.25. The minimum atomic E-state index is -0.538. The van der Waals surface area contributed by atoms with Gasteiger partial charge in [0.05, 0.1) is 5.69 Å². The molecule has 0 atom stereocenters. The van der Waals surface area contributed by atoms with Gasteiger partial charge in [0.2, 0.25) is 11.9 Å². The van der Waals surface area contributed by atoms with Gasteiger partial charge in [0.1, 0.15) is 12.1 Å². The quantitative estimate of drug-likeness (QED) is 0.519. The Morgan fingerprint density at radius 3 is 2.21 bits per heavy atom. The van der Waals surface area contributed by atoms with Gasteiger partial charge < -0.3 is 19.9 Å². The Labute approximate surface area is 229 Å². The van der Waals surface area contributed by atoms with Gasteiger partial charge in [-0.2, -0.15) is 5.10 Å². The van der Waals surface area contributed by atoms with Crippen molar-refractivity contribution in [3.8, 4) is 11.1 Å². The average Bonchev–Trinajstić information content (AvgIpc) is 3.51. The molecule has 1 aromatic carbocycles. The van der Waals surface area contributed by atoms with E-state index in [9.17, 15) is 9.59 Å². The van der Waals surface area contributed by atoms with E-state index in [4.69, 9.17) is 4.74 Å². The summed E-state index contributed by atoms with van der Waals surface area (Å²) in [5.41, 5.74) is 4.92. The smallest absolute Gasteiger partial charge is 0.410 e. The second kappa shape index (κ2) is 11.0. The second-order valence-electron chi connectivity index (χ2n) is 11.2. The summed E-state index contributed by atoms with van der Waals surface area (Å²) in [6, 6.07) is 8.81. The number of hydrogen-bond acceptors (Lipinski definition) is 7. The number of nitrogens with zero attached hydrogens (tertiary/aromatic N) is 6. The van der Waals surface area contributed by atoms with Crippen LogP contribution in [0.15, 0.2) is 42.9 Å². The maximum Gasteiger partial charge on any atom is 0.410 e. The zero-order chi connectivity index (χ0) is 27.6. The summed E-state index contributed by atoms with van der Waals surface area (Å²) < 4.78 is 7.14. The molecule has 206 valence electrons. The molecule has 2 aliphatic rings. The Balaban J connectivity index is 1.17. The predicted octanol–water partition coefficient (Wildman–Crippen LogP) is 3.56. The van der Waals surface area contributed by atoms with Crippen LogP contribution in [0, 0.1) is 0 Å². The number of rotatable bonds is 6. The maximum absolute atomic E-state index is 13.0. The third-order valence-electron chi connectivity index (χ3n) is 7.10. The van der Waals surface area contributed by atoms with E-state index in [-0.39, 0.29) is 18.5 Å². The molecule has 10 nitrogen and oxygen atoms in total. The first-order valence-electron chi connectivity index (χ1n) is 13.7. The summed E-state index contributed by atoms with van der Waals surface area (Å²) in [5.74, 6) is 0.589. The Hall–Kier alpha value is -3.95. The molecule has 2 aromatic heterocycles. The molecule has 0 bridgehead atoms. The number of aromatic nitrogens is 4. The number of anilines is 1. The molecule has 1 aliphatic heterocycles. The molecule has 0 spiro atoms. The summed E-state index contributed by atoms with van der Waals surface area (Å²) in [6.07, 6.45) is 7.86. The first kappa shape index (κ1) is 26.6. The first-order valence-corrected chi connectivity index (χ1v) is 13.7. The number of carbonyl (C=O) groups excluding carboxylic acids is 2. The Kier molecular flexibility index (Phi) is 7.54. The molecule has 0 unspecified atom stereocenters. The van der Waals surface area contributed by atoms with Crippen LogP contribution in [-0.4, -0.2) is 79.4 Å². The van der Waals surface area contributed by atoms with Crippen LogP contribution < -0.4 is 5.32 Å². The van der Waals surface area contributed by atoms with E-state index in [0.717, 1.165) is 36.1 Å². The minimum absolute atomic E-state index is 0.0242. The number of piperazine rings is 1. The molecule has 1 aliphatic carbocycles. The van der Waals surface area contributed by atoms with Gasteiger partial charge in [0, 0.05) is 61.9 Å². The van der Waals surface area contributed by atoms with E-state index in [1.807, 2.05) is 46.3 Å². The van der Waals surface area contributed by atoms with Crippen molar-refractivity contribution >= 4 is 17.9 Å². The number of hydrogen-bond donors (Lipinski definition) is 1. The summed E-state index contributed by atoms with van der Waals surface area (Å²) in [5, 5.41) is 8.12. The van der Waals surface area contributed by atoms with Gasteiger partial charge in [0.25, 0.3) is 0 Å². The molecular formula is C29H37N7O3. The number of fused-ring (bicyclic) bond motifs is 1. The van der Waals surface area contributed by atoms with Crippen LogP contribution in [0.3, 0.4) is 0 Å². The van der Waals surface area contributed by atoms with E-state index in [2.05, 4.69) is 44.6 Å². The summed E-state index contributed by atoms with van der Waals surface area (Å²) in [7, 11) is 0. The summed E-state index contributed by atoms with van der Waals surface area (Å²) >= 11 is 0. The zero-order valence-corrected chi connectivity index (χ0v) is 23.2. The lowest BCUT2D eigenvalue weighted by Crippen LogP contribution is -2.52. The molecule has 1 fully saturated rings. The highest BCUT2D eigenvalue weighted by Gasteiger charge is 2.28. The van der Waals surface area contributed by atoms with Crippen LogP contribution in [0.2, 0.25) is 0 Å². The van der Waals surface area contributed by atoms with Crippen molar-refractivity contribution in [2.75, 3.05) is 31.5 Å². The largest absolute Gasteiger partial charge is 0.444 e. The van der Waals surface area contributed by atoms with E-state index in [0.29, 0.717) is 38.2 Å². The molecule has 39 heavy (non-hydrogen) atoms. The van der Waals surface area contributed by atoms with Crippen molar-refractivity contribution in [3.05, 3.63) is 59.7 Å². The third-order valence-corrected chi connectivity index (χ3v) is 7.10. The lowest BCUT2D eigenvalue weighted by atomic mass is 10.1. The molecule has 1 saturated heterocycles. The van der Waals surface area contributed by atoms with E-state index in [1.165, 1.54) is 11.1 Å². The minimum Gasteiger partial charge on any atom is -0.444 e. The molecule has 3 aromatic rings. The van der Waals surface area contributed by atoms with Gasteiger partial charge in [-0.25, -0.2) is 14.8 Å². The van der Waals surface area contributed by atoms with Crippen LogP contribution >= 0.6 is 0 Å². The van der Waals surface area contributed by atoms with Crippen molar-refractivity contribution in [2.24, 2.45) is 0 Å². The van der Waals surface area contributed by atoms with Crippen LogP contribution in [0.1, 0.15) is 44.5 Å². The molecule has 3 heterocycles. The van der Waals surface area contributed by atoms with Gasteiger partial charge in [-0.3, -0.25) is 9.48 Å².